The molecule has 0 saturated carbocycles. The molecule has 0 atom stereocenters. The summed E-state index contributed by atoms with van der Waals surface area (Å²) in [5.74, 6) is -0.157. The fourth-order valence-electron chi connectivity index (χ4n) is 2.72. The molecule has 27 heavy (non-hydrogen) atoms. The van der Waals surface area contributed by atoms with Gasteiger partial charge in [0.15, 0.2) is 17.3 Å². The van der Waals surface area contributed by atoms with E-state index in [9.17, 15) is 8.42 Å². The number of aryl methyl sites for hydroxylation is 1. The predicted octanol–water partition coefficient (Wildman–Crippen LogP) is 3.15. The summed E-state index contributed by atoms with van der Waals surface area (Å²) in [6.45, 7) is 1.99. The molecule has 2 aromatic carbocycles. The Labute approximate surface area is 161 Å². The van der Waals surface area contributed by atoms with Crippen molar-refractivity contribution in [3.05, 3.63) is 64.8 Å². The number of nitrogens with zero attached hydrogens (tertiary/aromatic N) is 3. The number of hydrogen-bond donors (Lipinski definition) is 2. The van der Waals surface area contributed by atoms with Crippen LogP contribution in [0.2, 0.25) is 5.02 Å². The van der Waals surface area contributed by atoms with Crippen molar-refractivity contribution in [1.29, 1.82) is 0 Å². The molecule has 3 aromatic rings. The summed E-state index contributed by atoms with van der Waals surface area (Å²) in [5.41, 5.74) is 9.74. The van der Waals surface area contributed by atoms with Crippen molar-refractivity contribution in [2.75, 3.05) is 4.72 Å². The van der Waals surface area contributed by atoms with Crippen LogP contribution in [0.15, 0.2) is 52.9 Å². The molecular formula is C18H14ClN5O2S. The predicted molar refractivity (Wildman–Crippen MR) is 106 cm³/mol. The van der Waals surface area contributed by atoms with E-state index in [0.717, 1.165) is 16.7 Å². The molecule has 0 fully saturated rings. The highest BCUT2D eigenvalue weighted by Crippen LogP contribution is 2.33. The second-order valence-corrected chi connectivity index (χ2v) is 7.82. The van der Waals surface area contributed by atoms with Crippen LogP contribution in [-0.2, 0) is 10.2 Å². The van der Waals surface area contributed by atoms with Crippen LogP contribution in [0.4, 0.5) is 5.82 Å². The lowest BCUT2D eigenvalue weighted by molar-refractivity contribution is 0.602. The third-order valence-electron chi connectivity index (χ3n) is 4.03. The van der Waals surface area contributed by atoms with Crippen molar-refractivity contribution in [3.8, 4) is 22.5 Å². The van der Waals surface area contributed by atoms with Crippen molar-refractivity contribution in [3.63, 3.8) is 0 Å². The monoisotopic (exact) mass is 399 g/mol. The SMILES string of the molecule is Cc1ccc(-c2nc3c(nc2-c2ccc(Cl)cc2)NS(=O)(=O)N=C3N)cc1. The number of nitrogens with two attached hydrogens (primary N) is 1. The largest absolute Gasteiger partial charge is 0.381 e. The molecule has 1 aliphatic rings. The van der Waals surface area contributed by atoms with Crippen molar-refractivity contribution < 1.29 is 8.42 Å². The number of rotatable bonds is 2. The van der Waals surface area contributed by atoms with E-state index in [0.29, 0.717) is 16.4 Å². The van der Waals surface area contributed by atoms with Crippen LogP contribution in [0.25, 0.3) is 22.5 Å². The second kappa shape index (κ2) is 6.33. The van der Waals surface area contributed by atoms with Gasteiger partial charge < -0.3 is 5.73 Å². The Bertz CT molecular complexity index is 1170. The minimum absolute atomic E-state index is 0.0447. The van der Waals surface area contributed by atoms with Gasteiger partial charge in [0.1, 0.15) is 0 Å². The average molecular weight is 400 g/mol. The van der Waals surface area contributed by atoms with Gasteiger partial charge in [-0.3, -0.25) is 0 Å². The van der Waals surface area contributed by atoms with Crippen LogP contribution in [0.1, 0.15) is 11.3 Å². The maximum atomic E-state index is 11.8. The maximum absolute atomic E-state index is 11.8. The van der Waals surface area contributed by atoms with Gasteiger partial charge in [0.25, 0.3) is 0 Å². The third kappa shape index (κ3) is 3.36. The van der Waals surface area contributed by atoms with E-state index in [-0.39, 0.29) is 17.3 Å². The Hall–Kier alpha value is -2.97. The van der Waals surface area contributed by atoms with Gasteiger partial charge in [-0.05, 0) is 19.1 Å². The first-order chi connectivity index (χ1) is 12.8. The average Bonchev–Trinajstić information content (AvgIpc) is 2.61. The topological polar surface area (TPSA) is 110 Å². The molecule has 0 spiro atoms. The van der Waals surface area contributed by atoms with Crippen molar-refractivity contribution in [1.82, 2.24) is 9.97 Å². The number of fused-ring (bicyclic) bond motifs is 1. The third-order valence-corrected chi connectivity index (χ3v) is 5.17. The van der Waals surface area contributed by atoms with E-state index >= 15 is 0 Å². The Morgan fingerprint density at radius 1 is 0.889 bits per heavy atom. The van der Waals surface area contributed by atoms with E-state index in [4.69, 9.17) is 17.3 Å². The Balaban J connectivity index is 1.99. The van der Waals surface area contributed by atoms with Gasteiger partial charge >= 0.3 is 10.2 Å². The molecule has 0 bridgehead atoms. The Morgan fingerprint density at radius 3 is 2.07 bits per heavy atom. The molecule has 1 aliphatic heterocycles. The highest BCUT2D eigenvalue weighted by Gasteiger charge is 2.26. The Kier molecular flexibility index (Phi) is 4.09. The van der Waals surface area contributed by atoms with E-state index in [1.54, 1.807) is 24.3 Å². The molecule has 0 aliphatic carbocycles. The fraction of sp³-hybridized carbons (Fsp3) is 0.0556. The van der Waals surface area contributed by atoms with Crippen LogP contribution in [0.3, 0.4) is 0 Å². The first-order valence-electron chi connectivity index (χ1n) is 7.96. The summed E-state index contributed by atoms with van der Waals surface area (Å²) in [4.78, 5) is 9.08. The zero-order valence-electron chi connectivity index (χ0n) is 14.1. The first kappa shape index (κ1) is 17.4. The van der Waals surface area contributed by atoms with Crippen LogP contribution in [0.5, 0.6) is 0 Å². The lowest BCUT2D eigenvalue weighted by Gasteiger charge is -2.18. The number of anilines is 1. The van der Waals surface area contributed by atoms with Gasteiger partial charge in [-0.25, -0.2) is 14.7 Å². The van der Waals surface area contributed by atoms with Gasteiger partial charge in [-0.2, -0.15) is 8.42 Å². The molecule has 3 N–H and O–H groups in total. The number of nitrogens with one attached hydrogen (secondary N) is 1. The summed E-state index contributed by atoms with van der Waals surface area (Å²) in [6, 6.07) is 14.8. The van der Waals surface area contributed by atoms with Crippen molar-refractivity contribution >= 4 is 33.5 Å². The fourth-order valence-corrected chi connectivity index (χ4v) is 3.63. The molecule has 0 saturated heterocycles. The van der Waals surface area contributed by atoms with E-state index in [1.807, 2.05) is 31.2 Å². The first-order valence-corrected chi connectivity index (χ1v) is 9.78. The quantitative estimate of drug-likeness (QED) is 0.687. The summed E-state index contributed by atoms with van der Waals surface area (Å²) in [7, 11) is -3.94. The standard InChI is InChI=1S/C18H14ClN5O2S/c1-10-2-4-11(5-3-10)14-15(12-6-8-13(19)9-7-12)22-18-16(21-14)17(20)23-27(25,26)24-18/h2-9H,1H3,(H2,20,23)(H,22,24). The number of halogens is 1. The highest BCUT2D eigenvalue weighted by molar-refractivity contribution is 7.91. The van der Waals surface area contributed by atoms with E-state index in [2.05, 4.69) is 19.1 Å². The van der Waals surface area contributed by atoms with Crippen LogP contribution >= 0.6 is 11.6 Å². The molecule has 4 rings (SSSR count). The van der Waals surface area contributed by atoms with Crippen LogP contribution in [0, 0.1) is 6.92 Å². The molecular weight excluding hydrogens is 386 g/mol. The summed E-state index contributed by atoms with van der Waals surface area (Å²) in [5, 5.41) is 0.582. The van der Waals surface area contributed by atoms with Crippen LogP contribution in [-0.4, -0.2) is 24.2 Å². The summed E-state index contributed by atoms with van der Waals surface area (Å²) < 4.78 is 29.4. The van der Waals surface area contributed by atoms with Gasteiger partial charge in [-0.1, -0.05) is 53.6 Å². The second-order valence-electron chi connectivity index (χ2n) is 6.04. The maximum Gasteiger partial charge on any atom is 0.345 e. The highest BCUT2D eigenvalue weighted by atomic mass is 35.5. The molecule has 0 amide bonds. The summed E-state index contributed by atoms with van der Waals surface area (Å²) >= 11 is 5.99. The number of benzene rings is 2. The number of amidine groups is 1. The van der Waals surface area contributed by atoms with E-state index < -0.39 is 10.2 Å². The number of aromatic nitrogens is 2. The van der Waals surface area contributed by atoms with Crippen molar-refractivity contribution in [2.45, 2.75) is 6.92 Å². The lowest BCUT2D eigenvalue weighted by atomic mass is 10.0. The minimum atomic E-state index is -3.94. The zero-order valence-corrected chi connectivity index (χ0v) is 15.7. The molecule has 7 nitrogen and oxygen atoms in total. The molecule has 1 aromatic heterocycles. The molecule has 136 valence electrons. The molecule has 0 unspecified atom stereocenters. The van der Waals surface area contributed by atoms with Gasteiger partial charge in [-0.15, -0.1) is 4.40 Å². The Morgan fingerprint density at radius 2 is 1.44 bits per heavy atom. The molecule has 0 radical (unpaired) electrons. The van der Waals surface area contributed by atoms with Gasteiger partial charge in [0, 0.05) is 16.1 Å². The van der Waals surface area contributed by atoms with Gasteiger partial charge in [0.05, 0.1) is 11.4 Å². The summed E-state index contributed by atoms with van der Waals surface area (Å²) in [6.07, 6.45) is 0. The normalized spacial score (nSPS) is 14.8. The molecule has 2 heterocycles. The molecule has 9 heteroatoms. The van der Waals surface area contributed by atoms with Gasteiger partial charge in [0.2, 0.25) is 0 Å². The number of hydrogen-bond acceptors (Lipinski definition) is 5. The zero-order chi connectivity index (χ0) is 19.2. The smallest absolute Gasteiger partial charge is 0.345 e. The lowest BCUT2D eigenvalue weighted by Crippen LogP contribution is -2.28. The minimum Gasteiger partial charge on any atom is -0.381 e. The van der Waals surface area contributed by atoms with Crippen LogP contribution < -0.4 is 10.5 Å². The van der Waals surface area contributed by atoms with E-state index in [1.165, 1.54) is 0 Å². The van der Waals surface area contributed by atoms with Crippen molar-refractivity contribution in [2.24, 2.45) is 10.1 Å².